The summed E-state index contributed by atoms with van der Waals surface area (Å²) < 4.78 is 28.5. The third kappa shape index (κ3) is 65.4. The molecule has 8 fully saturated rings. The van der Waals surface area contributed by atoms with E-state index in [1.165, 1.54) is 195 Å². The van der Waals surface area contributed by atoms with E-state index < -0.39 is 0 Å². The number of hydrogen-bond donors (Lipinski definition) is 1. The van der Waals surface area contributed by atoms with Gasteiger partial charge in [0.15, 0.2) is 0 Å². The van der Waals surface area contributed by atoms with Crippen molar-refractivity contribution in [2.75, 3.05) is 65.8 Å². The third-order valence-electron chi connectivity index (χ3n) is 22.8. The minimum Gasteiger partial charge on any atom is -0.396 e. The molecule has 115 heavy (non-hydrogen) atoms. The van der Waals surface area contributed by atoms with Crippen LogP contribution in [0, 0.1) is 93.7 Å². The Kier molecular flexibility index (Phi) is 59.6. The molecule has 0 radical (unpaired) electrons. The van der Waals surface area contributed by atoms with Crippen LogP contribution < -0.4 is 0 Å². The van der Waals surface area contributed by atoms with Crippen LogP contribution in [0.15, 0.2) is 104 Å². The molecule has 2 aromatic carbocycles. The highest BCUT2D eigenvalue weighted by Crippen LogP contribution is 2.51. The van der Waals surface area contributed by atoms with E-state index in [2.05, 4.69) is 253 Å². The number of pyridine rings is 2. The van der Waals surface area contributed by atoms with Crippen molar-refractivity contribution in [1.29, 1.82) is 0 Å². The van der Waals surface area contributed by atoms with Crippen LogP contribution in [0.25, 0.3) is 4.85 Å². The number of aryl methyl sites for hydroxylation is 4. The molecule has 662 valence electrons. The van der Waals surface area contributed by atoms with Crippen molar-refractivity contribution >= 4 is 0 Å². The largest absolute Gasteiger partial charge is 0.396 e. The molecular formula is C105H186FN5O4. The highest BCUT2D eigenvalue weighted by Gasteiger charge is 2.50. The van der Waals surface area contributed by atoms with Gasteiger partial charge in [0, 0.05) is 109 Å². The first-order valence-electron chi connectivity index (χ1n) is 47.2. The summed E-state index contributed by atoms with van der Waals surface area (Å²) in [5, 5.41) is 8.91. The maximum absolute atomic E-state index is 12.5. The second-order valence-corrected chi connectivity index (χ2v) is 41.1. The number of rotatable bonds is 29. The van der Waals surface area contributed by atoms with Gasteiger partial charge in [-0.15, -0.1) is 0 Å². The van der Waals surface area contributed by atoms with Crippen LogP contribution in [-0.2, 0) is 39.9 Å². The van der Waals surface area contributed by atoms with Crippen molar-refractivity contribution in [2.45, 2.75) is 384 Å². The third-order valence-corrected chi connectivity index (χ3v) is 22.8. The fourth-order valence-electron chi connectivity index (χ4n) is 14.4. The Morgan fingerprint density at radius 3 is 1.14 bits per heavy atom. The molecule has 0 spiro atoms. The molecule has 2 aromatic heterocycles. The molecule has 4 saturated carbocycles. The van der Waals surface area contributed by atoms with Gasteiger partial charge in [-0.1, -0.05) is 214 Å². The average Bonchev–Trinajstić information content (AvgIpc) is 1.66. The zero-order valence-corrected chi connectivity index (χ0v) is 80.1. The van der Waals surface area contributed by atoms with Gasteiger partial charge in [-0.2, -0.15) is 0 Å². The van der Waals surface area contributed by atoms with E-state index in [1.54, 1.807) is 0 Å². The lowest BCUT2D eigenvalue weighted by Crippen LogP contribution is -2.40. The first-order valence-corrected chi connectivity index (χ1v) is 47.2. The lowest BCUT2D eigenvalue weighted by atomic mass is 9.92. The van der Waals surface area contributed by atoms with Crippen LogP contribution in [0.2, 0.25) is 0 Å². The Labute approximate surface area is 713 Å². The van der Waals surface area contributed by atoms with Crippen LogP contribution in [0.5, 0.6) is 0 Å². The van der Waals surface area contributed by atoms with Gasteiger partial charge < -0.3 is 24.2 Å². The molecule has 1 atom stereocenters. The molecule has 4 aromatic rings. The van der Waals surface area contributed by atoms with E-state index in [0.29, 0.717) is 30.1 Å². The number of aliphatic hydroxyl groups excluding tert-OH is 1. The minimum absolute atomic E-state index is 0.105. The lowest BCUT2D eigenvalue weighted by molar-refractivity contribution is 0.0238. The molecule has 4 aliphatic heterocycles. The van der Waals surface area contributed by atoms with Gasteiger partial charge in [0.25, 0.3) is 0 Å². The number of ether oxygens (including phenoxy) is 3. The van der Waals surface area contributed by atoms with E-state index in [4.69, 9.17) is 25.9 Å². The summed E-state index contributed by atoms with van der Waals surface area (Å²) in [4.78, 5) is 16.5. The number of aromatic nitrogens is 2. The first kappa shape index (κ1) is 109. The van der Waals surface area contributed by atoms with Crippen LogP contribution in [0.4, 0.5) is 4.39 Å². The maximum atomic E-state index is 12.5. The summed E-state index contributed by atoms with van der Waals surface area (Å²) in [5.41, 5.74) is 7.45. The SMILES string of the molecule is CC(C)CC1(C)CC1.CC(C)CC1(C)CC1.CC(C)CC1(CO)CC1.CC(C)CCC1CCCO1.CC(C)CCC1CCOCC1.CC(C)CCc1ccc(F)cc1.CC(C)CCc1ccccc1.CC(C)CCc1cccnc1.CC(C)CCc1ccncc1.CC(C)N1CC1.CC(C)N1CCOCC1.[C-]#[N+]C1(CC(C)C)CC1. The van der Waals surface area contributed by atoms with Crippen molar-refractivity contribution in [3.63, 3.8) is 0 Å². The lowest BCUT2D eigenvalue weighted by Gasteiger charge is -2.29. The molecule has 6 heterocycles. The van der Waals surface area contributed by atoms with E-state index in [9.17, 15) is 4.39 Å². The molecule has 4 aliphatic carbocycles. The van der Waals surface area contributed by atoms with Crippen molar-refractivity contribution < 1.29 is 23.7 Å². The predicted octanol–water partition coefficient (Wildman–Crippen LogP) is 28.9. The topological polar surface area (TPSA) is 84.3 Å². The second-order valence-electron chi connectivity index (χ2n) is 41.1. The zero-order valence-electron chi connectivity index (χ0n) is 80.1. The normalized spacial score (nSPS) is 18.2. The molecular weight excluding hydrogens is 1410 g/mol. The highest BCUT2D eigenvalue weighted by atomic mass is 19.1. The van der Waals surface area contributed by atoms with Crippen molar-refractivity contribution in [3.8, 4) is 0 Å². The second kappa shape index (κ2) is 63.0. The van der Waals surface area contributed by atoms with E-state index in [1.807, 2.05) is 43.0 Å². The standard InChI is InChI=1S/C11H15F.C11H16.2C10H15N.C10H20O.C9H18O.C8H13N.C8H16O.2C8H16.C7H15NO.C5H11N/c1-9(2)3-4-10-5-7-11(12)8-6-10;1-10(2)8-9-11-6-4-3-5-7-11;1-9(2)3-4-10-5-7-11-8-6-10;1-9(2)5-6-10-4-3-7-11-8-10;1-9(2)3-4-10-5-7-11-8-6-10;1-8(2)5-6-9-4-3-7-10-9;1-7(2)6-8(9-3)4-5-8;1-7(2)5-8(6-9)3-4-8;2*1-7(2)6-8(3)4-5-8;1-7(2)8-3-5-9-6-4-8;1-5(2)6-3-4-6/h5-9H,3-4H2,1-2H3;3-7,10H,8-9H2,1-2H3;5-9H,3-4H2,1-2H3;3-4,7-9H,5-6H2,1-2H3;9-10H,3-8H2,1-2H3;8-9H,3-7H2,1-2H3;7H,4-6H2,1-2H3;7,9H,3-6H2,1-2H3;2*7H,4-6H2,1-3H3;7H,3-6H2,1-2H3;5H,3-4H2,1-2H3. The number of halogens is 1. The Balaban J connectivity index is 0.000000629. The Morgan fingerprint density at radius 1 is 0.417 bits per heavy atom. The number of benzene rings is 2. The molecule has 10 heteroatoms. The van der Waals surface area contributed by atoms with Crippen LogP contribution in [0.1, 0.15) is 356 Å². The summed E-state index contributed by atoms with van der Waals surface area (Å²) in [6.45, 7) is 75.8. The van der Waals surface area contributed by atoms with E-state index in [-0.39, 0.29) is 11.4 Å². The van der Waals surface area contributed by atoms with Crippen LogP contribution in [-0.4, -0.2) is 114 Å². The average molecular weight is 1600 g/mol. The molecule has 1 N–H and O–H groups in total. The summed E-state index contributed by atoms with van der Waals surface area (Å²) in [5.74, 6) is 8.89. The summed E-state index contributed by atoms with van der Waals surface area (Å²) in [7, 11) is 0. The van der Waals surface area contributed by atoms with Gasteiger partial charge in [-0.05, 0) is 309 Å². The Hall–Kier alpha value is -4.08. The first-order chi connectivity index (χ1) is 54.3. The molecule has 0 bridgehead atoms. The van der Waals surface area contributed by atoms with Crippen molar-refractivity contribution in [3.05, 3.63) is 143 Å². The zero-order chi connectivity index (χ0) is 86.3. The van der Waals surface area contributed by atoms with Crippen LogP contribution in [0.3, 0.4) is 0 Å². The highest BCUT2D eigenvalue weighted by molar-refractivity contribution is 5.17. The van der Waals surface area contributed by atoms with Gasteiger partial charge in [-0.25, -0.2) is 11.0 Å². The molecule has 0 amide bonds. The molecule has 9 nitrogen and oxygen atoms in total. The number of hydrogen-bond acceptors (Lipinski definition) is 8. The van der Waals surface area contributed by atoms with Gasteiger partial charge in [-0.3, -0.25) is 19.8 Å². The summed E-state index contributed by atoms with van der Waals surface area (Å²) in [6.07, 6.45) is 44.2. The van der Waals surface area contributed by atoms with E-state index >= 15 is 0 Å². The monoisotopic (exact) mass is 1600 g/mol. The predicted molar refractivity (Wildman–Crippen MR) is 499 cm³/mol. The molecule has 4 saturated heterocycles. The Morgan fingerprint density at radius 2 is 0.826 bits per heavy atom. The fourth-order valence-corrected chi connectivity index (χ4v) is 14.4. The van der Waals surface area contributed by atoms with Crippen LogP contribution >= 0.6 is 0 Å². The van der Waals surface area contributed by atoms with E-state index in [0.717, 1.165) is 154 Å². The fraction of sp³-hybridized carbons (Fsp3) is 0.781. The minimum atomic E-state index is -0.150. The number of aliphatic hydroxyl groups is 1. The van der Waals surface area contributed by atoms with Gasteiger partial charge in [0.05, 0.1) is 19.3 Å². The smallest absolute Gasteiger partial charge is 0.233 e. The van der Waals surface area contributed by atoms with Gasteiger partial charge >= 0.3 is 0 Å². The molecule has 12 rings (SSSR count). The maximum Gasteiger partial charge on any atom is 0.233 e. The molecule has 1 unspecified atom stereocenters. The van der Waals surface area contributed by atoms with Crippen molar-refractivity contribution in [2.24, 2.45) is 81.3 Å². The van der Waals surface area contributed by atoms with Gasteiger partial charge in [0.2, 0.25) is 5.54 Å². The van der Waals surface area contributed by atoms with Crippen molar-refractivity contribution in [1.82, 2.24) is 19.8 Å². The number of nitrogens with zero attached hydrogens (tertiary/aromatic N) is 5. The Bertz CT molecular complexity index is 2730. The molecule has 8 aliphatic rings. The quantitative estimate of drug-likeness (QED) is 0.0425. The number of morpholine rings is 1. The van der Waals surface area contributed by atoms with Gasteiger partial charge in [0.1, 0.15) is 5.82 Å². The summed E-state index contributed by atoms with van der Waals surface area (Å²) >= 11 is 0. The summed E-state index contributed by atoms with van der Waals surface area (Å²) in [6, 6.07) is 27.2.